The van der Waals surface area contributed by atoms with Gasteiger partial charge in [0.1, 0.15) is 5.84 Å². The number of benzene rings is 1. The van der Waals surface area contributed by atoms with E-state index in [1.165, 1.54) is 29.2 Å². The van der Waals surface area contributed by atoms with Gasteiger partial charge in [-0.05, 0) is 24.0 Å². The van der Waals surface area contributed by atoms with Gasteiger partial charge in [0.25, 0.3) is 10.0 Å². The Labute approximate surface area is 137 Å². The highest BCUT2D eigenvalue weighted by Gasteiger charge is 2.14. The van der Waals surface area contributed by atoms with E-state index in [0.717, 1.165) is 15.2 Å². The van der Waals surface area contributed by atoms with Crippen molar-refractivity contribution in [3.05, 3.63) is 52.2 Å². The lowest BCUT2D eigenvalue weighted by Gasteiger charge is -2.03. The van der Waals surface area contributed by atoms with E-state index in [4.69, 9.17) is 11.1 Å². The molecule has 0 aliphatic heterocycles. The van der Waals surface area contributed by atoms with Crippen LogP contribution in [0.15, 0.2) is 46.0 Å². The predicted octanol–water partition coefficient (Wildman–Crippen LogP) is 3.17. The first-order valence-corrected chi connectivity index (χ1v) is 9.78. The minimum Gasteiger partial charge on any atom is -0.383 e. The molecule has 1 aromatic carbocycles. The standard InChI is InChI=1S/C14H15N3O2S3/c1-20-14-11(9-12(21-14)13(15)16)17-22(18,19)8-7-10-5-3-2-4-6-10/h2-9,17H,1H3,(H3,15,16)/b8-7+. The minimum atomic E-state index is -3.63. The number of hydrogen-bond donors (Lipinski definition) is 3. The number of nitrogen functional groups attached to an aromatic ring is 1. The van der Waals surface area contributed by atoms with Crippen LogP contribution >= 0.6 is 23.1 Å². The molecule has 0 unspecified atom stereocenters. The summed E-state index contributed by atoms with van der Waals surface area (Å²) in [5, 5.41) is 8.56. The van der Waals surface area contributed by atoms with Crippen molar-refractivity contribution in [1.82, 2.24) is 0 Å². The zero-order valence-corrected chi connectivity index (χ0v) is 14.2. The van der Waals surface area contributed by atoms with Crippen LogP contribution in [0.3, 0.4) is 0 Å². The number of thioether (sulfide) groups is 1. The average molecular weight is 353 g/mol. The topological polar surface area (TPSA) is 96.0 Å². The summed E-state index contributed by atoms with van der Waals surface area (Å²) in [5.74, 6) is -0.0782. The van der Waals surface area contributed by atoms with Crippen LogP contribution in [0.5, 0.6) is 0 Å². The molecule has 8 heteroatoms. The van der Waals surface area contributed by atoms with E-state index in [0.29, 0.717) is 10.6 Å². The van der Waals surface area contributed by atoms with Gasteiger partial charge in [-0.1, -0.05) is 30.3 Å². The summed E-state index contributed by atoms with van der Waals surface area (Å²) in [5.41, 5.74) is 6.69. The number of rotatable bonds is 6. The van der Waals surface area contributed by atoms with Crippen LogP contribution in [-0.4, -0.2) is 20.5 Å². The molecule has 0 spiro atoms. The van der Waals surface area contributed by atoms with Crippen LogP contribution in [0.25, 0.3) is 6.08 Å². The van der Waals surface area contributed by atoms with Crippen molar-refractivity contribution in [3.8, 4) is 0 Å². The molecule has 0 aliphatic carbocycles. The fraction of sp³-hybridized carbons (Fsp3) is 0.0714. The van der Waals surface area contributed by atoms with Gasteiger partial charge in [-0.15, -0.1) is 23.1 Å². The maximum atomic E-state index is 12.1. The van der Waals surface area contributed by atoms with Gasteiger partial charge in [-0.25, -0.2) is 8.42 Å². The first kappa shape index (κ1) is 16.6. The normalized spacial score (nSPS) is 11.7. The number of nitrogens with one attached hydrogen (secondary N) is 2. The van der Waals surface area contributed by atoms with Crippen molar-refractivity contribution in [1.29, 1.82) is 5.41 Å². The Morgan fingerprint density at radius 2 is 2.05 bits per heavy atom. The zero-order chi connectivity index (χ0) is 16.2. The molecule has 1 aromatic heterocycles. The summed E-state index contributed by atoms with van der Waals surface area (Å²) >= 11 is 2.69. The molecule has 0 aliphatic rings. The number of amidine groups is 1. The summed E-state index contributed by atoms with van der Waals surface area (Å²) in [7, 11) is -3.63. The van der Waals surface area contributed by atoms with E-state index in [2.05, 4.69) is 4.72 Å². The highest BCUT2D eigenvalue weighted by molar-refractivity contribution is 8.00. The molecular formula is C14H15N3O2S3. The predicted molar refractivity (Wildman–Crippen MR) is 95.1 cm³/mol. The molecule has 0 saturated heterocycles. The van der Waals surface area contributed by atoms with E-state index < -0.39 is 10.0 Å². The van der Waals surface area contributed by atoms with Crippen molar-refractivity contribution in [2.75, 3.05) is 11.0 Å². The molecule has 1 heterocycles. The number of sulfonamides is 1. The van der Waals surface area contributed by atoms with Gasteiger partial charge in [-0.2, -0.15) is 0 Å². The van der Waals surface area contributed by atoms with Gasteiger partial charge in [0.15, 0.2) is 0 Å². The van der Waals surface area contributed by atoms with Crippen LogP contribution in [0.1, 0.15) is 10.4 Å². The van der Waals surface area contributed by atoms with Crippen molar-refractivity contribution < 1.29 is 8.42 Å². The highest BCUT2D eigenvalue weighted by Crippen LogP contribution is 2.35. The van der Waals surface area contributed by atoms with Crippen LogP contribution in [0.2, 0.25) is 0 Å². The van der Waals surface area contributed by atoms with Crippen LogP contribution in [0, 0.1) is 5.41 Å². The Bertz CT molecular complexity index is 796. The number of anilines is 1. The second-order valence-corrected chi connectivity index (χ2v) is 7.98. The summed E-state index contributed by atoms with van der Waals surface area (Å²) in [6, 6.07) is 10.7. The van der Waals surface area contributed by atoms with E-state index in [9.17, 15) is 8.42 Å². The molecule has 0 amide bonds. The summed E-state index contributed by atoms with van der Waals surface area (Å²) in [6.07, 6.45) is 3.37. The Hall–Kier alpha value is -1.77. The van der Waals surface area contributed by atoms with Gasteiger partial charge in [-0.3, -0.25) is 10.1 Å². The van der Waals surface area contributed by atoms with Gasteiger partial charge < -0.3 is 5.73 Å². The molecule has 116 valence electrons. The molecular weight excluding hydrogens is 338 g/mol. The van der Waals surface area contributed by atoms with Gasteiger partial charge in [0.05, 0.1) is 20.2 Å². The first-order chi connectivity index (χ1) is 10.4. The second-order valence-electron chi connectivity index (χ2n) is 4.29. The van der Waals surface area contributed by atoms with Crippen LogP contribution in [0.4, 0.5) is 5.69 Å². The van der Waals surface area contributed by atoms with Crippen molar-refractivity contribution >= 4 is 50.7 Å². The smallest absolute Gasteiger partial charge is 0.255 e. The van der Waals surface area contributed by atoms with E-state index in [1.54, 1.807) is 6.07 Å². The van der Waals surface area contributed by atoms with E-state index in [-0.39, 0.29) is 5.84 Å². The monoisotopic (exact) mass is 353 g/mol. The zero-order valence-electron chi connectivity index (χ0n) is 11.7. The third-order valence-corrected chi connectivity index (χ3v) is 5.94. The Morgan fingerprint density at radius 3 is 2.64 bits per heavy atom. The largest absolute Gasteiger partial charge is 0.383 e. The summed E-state index contributed by atoms with van der Waals surface area (Å²) < 4.78 is 27.5. The van der Waals surface area contributed by atoms with Crippen molar-refractivity contribution in [2.45, 2.75) is 4.21 Å². The molecule has 5 nitrogen and oxygen atoms in total. The lowest BCUT2D eigenvalue weighted by molar-refractivity contribution is 0.609. The molecule has 4 N–H and O–H groups in total. The lowest BCUT2D eigenvalue weighted by Crippen LogP contribution is -2.10. The Balaban J connectivity index is 2.22. The summed E-state index contributed by atoms with van der Waals surface area (Å²) in [4.78, 5) is 0.536. The third-order valence-electron chi connectivity index (χ3n) is 2.64. The molecule has 0 radical (unpaired) electrons. The highest BCUT2D eigenvalue weighted by atomic mass is 32.2. The SMILES string of the molecule is CSc1sc(C(=N)N)cc1NS(=O)(=O)/C=C/c1ccccc1. The fourth-order valence-electron chi connectivity index (χ4n) is 1.65. The Kier molecular flexibility index (Phi) is 5.28. The molecule has 2 rings (SSSR count). The number of nitrogens with two attached hydrogens (primary N) is 1. The molecule has 0 atom stereocenters. The van der Waals surface area contributed by atoms with Gasteiger partial charge in [0.2, 0.25) is 0 Å². The molecule has 0 saturated carbocycles. The molecule has 0 fully saturated rings. The maximum absolute atomic E-state index is 12.1. The fourth-order valence-corrected chi connectivity index (χ4v) is 4.29. The van der Waals surface area contributed by atoms with Crippen molar-refractivity contribution in [3.63, 3.8) is 0 Å². The lowest BCUT2D eigenvalue weighted by atomic mass is 10.2. The maximum Gasteiger partial charge on any atom is 0.255 e. The van der Waals surface area contributed by atoms with E-state index in [1.807, 2.05) is 36.6 Å². The minimum absolute atomic E-state index is 0.0782. The third kappa shape index (κ3) is 4.36. The first-order valence-electron chi connectivity index (χ1n) is 6.19. The van der Waals surface area contributed by atoms with Crippen LogP contribution in [-0.2, 0) is 10.0 Å². The molecule has 0 bridgehead atoms. The number of thiophene rings is 1. The Morgan fingerprint density at radius 1 is 1.36 bits per heavy atom. The van der Waals surface area contributed by atoms with Crippen LogP contribution < -0.4 is 10.5 Å². The molecule has 2 aromatic rings. The van der Waals surface area contributed by atoms with Gasteiger partial charge >= 0.3 is 0 Å². The molecule has 22 heavy (non-hydrogen) atoms. The second kappa shape index (κ2) is 6.99. The average Bonchev–Trinajstić information content (AvgIpc) is 2.89. The quantitative estimate of drug-likeness (QED) is 0.422. The number of hydrogen-bond acceptors (Lipinski definition) is 5. The van der Waals surface area contributed by atoms with E-state index >= 15 is 0 Å². The van der Waals surface area contributed by atoms with Gasteiger partial charge in [0, 0.05) is 0 Å². The summed E-state index contributed by atoms with van der Waals surface area (Å²) in [6.45, 7) is 0. The van der Waals surface area contributed by atoms with Crippen molar-refractivity contribution in [2.24, 2.45) is 5.73 Å².